The van der Waals surface area contributed by atoms with Gasteiger partial charge >= 0.3 is 12.0 Å². The Morgan fingerprint density at radius 2 is 2.00 bits per heavy atom. The van der Waals surface area contributed by atoms with Crippen molar-refractivity contribution in [1.29, 1.82) is 0 Å². The Bertz CT molecular complexity index is 892. The topological polar surface area (TPSA) is 117 Å². The van der Waals surface area contributed by atoms with Crippen LogP contribution < -0.4 is 0 Å². The minimum absolute atomic E-state index is 0.149. The Labute approximate surface area is 182 Å². The number of amides is 2. The fourth-order valence-electron chi connectivity index (χ4n) is 4.25. The molecule has 2 amide bonds. The van der Waals surface area contributed by atoms with Crippen molar-refractivity contribution in [3.8, 4) is 0 Å². The lowest BCUT2D eigenvalue weighted by Gasteiger charge is -2.50. The molecule has 1 saturated heterocycles. The van der Waals surface area contributed by atoms with Crippen LogP contribution in [0.25, 0.3) is 0 Å². The molecular weight excluding hydrogens is 430 g/mol. The summed E-state index contributed by atoms with van der Waals surface area (Å²) in [6.07, 6.45) is 1.60. The Balaban J connectivity index is 2.22. The third-order valence-corrected chi connectivity index (χ3v) is 7.08. The fourth-order valence-corrected chi connectivity index (χ4v) is 5.35. The zero-order chi connectivity index (χ0) is 22.9. The molecule has 2 atom stereocenters. The van der Waals surface area contributed by atoms with Gasteiger partial charge in [0.15, 0.2) is 0 Å². The second-order valence-corrected chi connectivity index (χ2v) is 11.3. The molecule has 30 heavy (non-hydrogen) atoms. The summed E-state index contributed by atoms with van der Waals surface area (Å²) in [7, 11) is -3.56. The molecule has 9 nitrogen and oxygen atoms in total. The average molecular weight is 462 g/mol. The van der Waals surface area contributed by atoms with Gasteiger partial charge < -0.3 is 14.9 Å². The van der Waals surface area contributed by atoms with Crippen LogP contribution in [0.2, 0.25) is 0 Å². The quantitative estimate of drug-likeness (QED) is 0.562. The number of carboxylic acids is 1. The second-order valence-electron chi connectivity index (χ2n) is 8.69. The molecule has 0 saturated carbocycles. The van der Waals surface area contributed by atoms with Crippen molar-refractivity contribution in [2.75, 3.05) is 19.3 Å². The Morgan fingerprint density at radius 3 is 2.50 bits per heavy atom. The molecule has 0 radical (unpaired) electrons. The van der Waals surface area contributed by atoms with Gasteiger partial charge in [0.25, 0.3) is 10.1 Å². The summed E-state index contributed by atoms with van der Waals surface area (Å²) in [6.45, 7) is 10.2. The van der Waals surface area contributed by atoms with Gasteiger partial charge in [-0.1, -0.05) is 41.0 Å². The Hall–Kier alpha value is -1.72. The largest absolute Gasteiger partial charge is 0.479 e. The molecule has 0 aliphatic carbocycles. The number of carbonyl (C=O) groups excluding carboxylic acids is 1. The molecule has 0 unspecified atom stereocenters. The van der Waals surface area contributed by atoms with Gasteiger partial charge in [-0.25, -0.2) is 14.6 Å². The van der Waals surface area contributed by atoms with Gasteiger partial charge in [0.05, 0.1) is 18.5 Å². The number of hydrogen-bond donors (Lipinski definition) is 1. The number of aromatic nitrogens is 1. The molecule has 170 valence electrons. The summed E-state index contributed by atoms with van der Waals surface area (Å²) in [5.41, 5.74) is -1.39. The lowest BCUT2D eigenvalue weighted by atomic mass is 9.64. The molecule has 0 spiro atoms. The van der Waals surface area contributed by atoms with Crippen molar-refractivity contribution in [3.05, 3.63) is 16.1 Å². The molecule has 0 bridgehead atoms. The molecule has 1 aromatic rings. The van der Waals surface area contributed by atoms with E-state index in [0.717, 1.165) is 6.26 Å². The summed E-state index contributed by atoms with van der Waals surface area (Å²) < 4.78 is 27.0. The maximum absolute atomic E-state index is 13.3. The lowest BCUT2D eigenvalue weighted by Crippen LogP contribution is -2.66. The van der Waals surface area contributed by atoms with E-state index in [1.54, 1.807) is 10.3 Å². The van der Waals surface area contributed by atoms with E-state index in [2.05, 4.69) is 4.98 Å². The Morgan fingerprint density at radius 1 is 1.37 bits per heavy atom. The van der Waals surface area contributed by atoms with Gasteiger partial charge in [-0.15, -0.1) is 11.3 Å². The summed E-state index contributed by atoms with van der Waals surface area (Å²) in [6, 6.07) is -0.324. The van der Waals surface area contributed by atoms with Gasteiger partial charge in [-0.05, 0) is 11.3 Å². The van der Waals surface area contributed by atoms with Crippen LogP contribution in [-0.4, -0.2) is 65.2 Å². The van der Waals surface area contributed by atoms with Gasteiger partial charge in [-0.2, -0.15) is 8.42 Å². The van der Waals surface area contributed by atoms with E-state index in [9.17, 15) is 23.1 Å². The van der Waals surface area contributed by atoms with E-state index in [1.807, 2.05) is 34.6 Å². The van der Waals surface area contributed by atoms with Crippen molar-refractivity contribution >= 4 is 33.5 Å². The number of rotatable bonds is 9. The third kappa shape index (κ3) is 4.78. The van der Waals surface area contributed by atoms with Crippen molar-refractivity contribution in [3.63, 3.8) is 0 Å². The van der Waals surface area contributed by atoms with Crippen LogP contribution in [0.3, 0.4) is 0 Å². The van der Waals surface area contributed by atoms with Gasteiger partial charge in [0.1, 0.15) is 17.2 Å². The number of urea groups is 1. The van der Waals surface area contributed by atoms with Crippen LogP contribution in [0.1, 0.15) is 51.7 Å². The fraction of sp³-hybridized carbons (Fsp3) is 0.737. The predicted molar refractivity (Wildman–Crippen MR) is 114 cm³/mol. The van der Waals surface area contributed by atoms with Crippen LogP contribution >= 0.6 is 11.3 Å². The zero-order valence-corrected chi connectivity index (χ0v) is 20.0. The highest BCUT2D eigenvalue weighted by Gasteiger charge is 2.59. The van der Waals surface area contributed by atoms with Crippen molar-refractivity contribution in [2.45, 2.75) is 59.7 Å². The molecule has 2 rings (SSSR count). The first-order chi connectivity index (χ1) is 13.7. The third-order valence-electron chi connectivity index (χ3n) is 5.66. The SMILES string of the molecule is CC[C@H](C)[C@](C(=O)O)(N1CCN(Cc2csc(COS(C)(=O)=O)n2)C1=O)C(C)(C)C. The molecule has 1 fully saturated rings. The first-order valence-electron chi connectivity index (χ1n) is 9.81. The van der Waals surface area contributed by atoms with Crippen molar-refractivity contribution in [1.82, 2.24) is 14.8 Å². The standard InChI is InChI=1S/C19H31N3O6S2/c1-7-13(2)19(16(23)24,18(3,4)5)22-9-8-21(17(22)25)10-14-12-29-15(20-14)11-28-30(6,26)27/h12-13H,7-11H2,1-6H3,(H,23,24)/t13-,19+/m0/s1. The van der Waals surface area contributed by atoms with Crippen LogP contribution in [0, 0.1) is 11.3 Å². The molecule has 2 heterocycles. The summed E-state index contributed by atoms with van der Waals surface area (Å²) in [5, 5.41) is 12.5. The molecule has 1 aliphatic heterocycles. The predicted octanol–water partition coefficient (Wildman–Crippen LogP) is 2.77. The van der Waals surface area contributed by atoms with E-state index in [0.29, 0.717) is 30.2 Å². The van der Waals surface area contributed by atoms with Crippen LogP contribution in [0.15, 0.2) is 5.38 Å². The van der Waals surface area contributed by atoms with Crippen LogP contribution in [0.5, 0.6) is 0 Å². The van der Waals surface area contributed by atoms with Crippen molar-refractivity contribution < 1.29 is 27.3 Å². The minimum Gasteiger partial charge on any atom is -0.479 e. The normalized spacial score (nSPS) is 18.5. The Kier molecular flexibility index (Phi) is 7.20. The maximum Gasteiger partial charge on any atom is 0.330 e. The molecule has 1 aliphatic rings. The number of nitrogens with zero attached hydrogens (tertiary/aromatic N) is 3. The second kappa shape index (κ2) is 8.80. The van der Waals surface area contributed by atoms with Crippen molar-refractivity contribution in [2.24, 2.45) is 11.3 Å². The number of hydrogen-bond acceptors (Lipinski definition) is 7. The van der Waals surface area contributed by atoms with E-state index >= 15 is 0 Å². The van der Waals surface area contributed by atoms with E-state index in [1.165, 1.54) is 16.2 Å². The smallest absolute Gasteiger partial charge is 0.330 e. The van der Waals surface area contributed by atoms with E-state index in [-0.39, 0.29) is 25.1 Å². The lowest BCUT2D eigenvalue weighted by molar-refractivity contribution is -0.162. The number of aliphatic carboxylic acids is 1. The summed E-state index contributed by atoms with van der Waals surface area (Å²) >= 11 is 1.25. The average Bonchev–Trinajstić information content (AvgIpc) is 3.20. The zero-order valence-electron chi connectivity index (χ0n) is 18.3. The van der Waals surface area contributed by atoms with Crippen LogP contribution in [-0.2, 0) is 32.2 Å². The summed E-state index contributed by atoms with van der Waals surface area (Å²) in [5.74, 6) is -1.23. The first-order valence-corrected chi connectivity index (χ1v) is 12.5. The van der Waals surface area contributed by atoms with Crippen LogP contribution in [0.4, 0.5) is 4.79 Å². The van der Waals surface area contributed by atoms with E-state index < -0.39 is 27.0 Å². The molecule has 1 N–H and O–H groups in total. The highest BCUT2D eigenvalue weighted by molar-refractivity contribution is 7.85. The number of carboxylic acid groups (broad SMARTS) is 1. The highest BCUT2D eigenvalue weighted by Crippen LogP contribution is 2.45. The number of thiazole rings is 1. The molecule has 11 heteroatoms. The maximum atomic E-state index is 13.3. The monoisotopic (exact) mass is 461 g/mol. The minimum atomic E-state index is -3.56. The molecular formula is C19H31N3O6S2. The van der Waals surface area contributed by atoms with Gasteiger partial charge in [0.2, 0.25) is 0 Å². The first kappa shape index (κ1) is 24.5. The van der Waals surface area contributed by atoms with E-state index in [4.69, 9.17) is 4.18 Å². The molecule has 0 aromatic carbocycles. The highest BCUT2D eigenvalue weighted by atomic mass is 32.2. The molecule has 1 aromatic heterocycles. The summed E-state index contributed by atoms with van der Waals surface area (Å²) in [4.78, 5) is 33.2. The van der Waals surface area contributed by atoms with Gasteiger partial charge in [0, 0.05) is 18.5 Å². The number of carbonyl (C=O) groups is 2. The van der Waals surface area contributed by atoms with Gasteiger partial charge in [-0.3, -0.25) is 4.18 Å².